The minimum absolute atomic E-state index is 0.0379. The molecule has 6 nitrogen and oxygen atoms in total. The smallest absolute Gasteiger partial charge is 0.287 e. The lowest BCUT2D eigenvalue weighted by atomic mass is 9.80. The first-order valence-corrected chi connectivity index (χ1v) is 9.52. The lowest BCUT2D eigenvalue weighted by Crippen LogP contribution is -2.57. The molecule has 2 fully saturated rings. The fourth-order valence-electron chi connectivity index (χ4n) is 3.71. The SMILES string of the molecule is O=[N+]([O-])c1ccc(NCC2(N3CCSCC3)CCCCC2)nc1. The monoisotopic (exact) mass is 336 g/mol. The Bertz CT molecular complexity index is 525. The van der Waals surface area contributed by atoms with Gasteiger partial charge in [-0.3, -0.25) is 15.0 Å². The van der Waals surface area contributed by atoms with Gasteiger partial charge in [-0.1, -0.05) is 19.3 Å². The predicted octanol–water partition coefficient (Wildman–Crippen LogP) is 3.15. The molecule has 0 spiro atoms. The van der Waals surface area contributed by atoms with Crippen LogP contribution in [0.15, 0.2) is 18.3 Å². The van der Waals surface area contributed by atoms with E-state index in [0.29, 0.717) is 0 Å². The fourth-order valence-corrected chi connectivity index (χ4v) is 4.61. The first-order valence-electron chi connectivity index (χ1n) is 8.37. The largest absolute Gasteiger partial charge is 0.368 e. The van der Waals surface area contributed by atoms with Crippen LogP contribution in [0.25, 0.3) is 0 Å². The molecule has 1 N–H and O–H groups in total. The molecular weight excluding hydrogens is 312 g/mol. The second kappa shape index (κ2) is 7.49. The van der Waals surface area contributed by atoms with Gasteiger partial charge in [0.2, 0.25) is 0 Å². The van der Waals surface area contributed by atoms with Gasteiger partial charge in [0.1, 0.15) is 12.0 Å². The van der Waals surface area contributed by atoms with Crippen molar-refractivity contribution in [2.24, 2.45) is 0 Å². The van der Waals surface area contributed by atoms with Gasteiger partial charge < -0.3 is 5.32 Å². The van der Waals surface area contributed by atoms with E-state index in [4.69, 9.17) is 0 Å². The van der Waals surface area contributed by atoms with Crippen LogP contribution in [0.4, 0.5) is 11.5 Å². The van der Waals surface area contributed by atoms with E-state index in [1.165, 1.54) is 69.0 Å². The molecule has 7 heteroatoms. The third-order valence-corrected chi connectivity index (χ3v) is 5.97. The van der Waals surface area contributed by atoms with Crippen LogP contribution in [0.1, 0.15) is 32.1 Å². The highest BCUT2D eigenvalue weighted by Crippen LogP contribution is 2.35. The van der Waals surface area contributed by atoms with Crippen LogP contribution in [0.5, 0.6) is 0 Å². The van der Waals surface area contributed by atoms with Crippen molar-refractivity contribution in [2.75, 3.05) is 36.5 Å². The molecule has 2 heterocycles. The molecule has 1 aromatic heterocycles. The van der Waals surface area contributed by atoms with Crippen LogP contribution in [0, 0.1) is 10.1 Å². The average Bonchev–Trinajstić information content (AvgIpc) is 2.62. The minimum atomic E-state index is -0.412. The molecule has 1 aliphatic carbocycles. The summed E-state index contributed by atoms with van der Waals surface area (Å²) in [6, 6.07) is 3.22. The quantitative estimate of drug-likeness (QED) is 0.658. The normalized spacial score (nSPS) is 21.7. The minimum Gasteiger partial charge on any atom is -0.368 e. The van der Waals surface area contributed by atoms with Crippen LogP contribution < -0.4 is 5.32 Å². The molecule has 1 aliphatic heterocycles. The molecule has 23 heavy (non-hydrogen) atoms. The second-order valence-corrected chi connectivity index (χ2v) is 7.62. The number of pyridine rings is 1. The van der Waals surface area contributed by atoms with Crippen molar-refractivity contribution < 1.29 is 4.92 Å². The van der Waals surface area contributed by atoms with Crippen molar-refractivity contribution in [1.29, 1.82) is 0 Å². The summed E-state index contributed by atoms with van der Waals surface area (Å²) < 4.78 is 0. The van der Waals surface area contributed by atoms with E-state index in [0.717, 1.165) is 12.4 Å². The van der Waals surface area contributed by atoms with Crippen molar-refractivity contribution in [3.8, 4) is 0 Å². The molecule has 0 atom stereocenters. The van der Waals surface area contributed by atoms with E-state index >= 15 is 0 Å². The molecule has 0 bridgehead atoms. The Labute approximate surface area is 141 Å². The number of nitrogens with one attached hydrogen (secondary N) is 1. The third kappa shape index (κ3) is 3.95. The van der Waals surface area contributed by atoms with Gasteiger partial charge >= 0.3 is 0 Å². The summed E-state index contributed by atoms with van der Waals surface area (Å²) in [5, 5.41) is 14.1. The summed E-state index contributed by atoms with van der Waals surface area (Å²) in [5.41, 5.74) is 0.263. The van der Waals surface area contributed by atoms with Crippen LogP contribution in [0.2, 0.25) is 0 Å². The van der Waals surface area contributed by atoms with Crippen LogP contribution in [0.3, 0.4) is 0 Å². The van der Waals surface area contributed by atoms with Gasteiger partial charge in [0, 0.05) is 42.7 Å². The Balaban J connectivity index is 1.67. The number of aromatic nitrogens is 1. The number of thioether (sulfide) groups is 1. The van der Waals surface area contributed by atoms with Crippen molar-refractivity contribution in [2.45, 2.75) is 37.6 Å². The van der Waals surface area contributed by atoms with Crippen LogP contribution >= 0.6 is 11.8 Å². The molecular formula is C16H24N4O2S. The average molecular weight is 336 g/mol. The maximum atomic E-state index is 10.7. The molecule has 1 aromatic rings. The first kappa shape index (κ1) is 16.5. The van der Waals surface area contributed by atoms with Crippen LogP contribution in [-0.2, 0) is 0 Å². The van der Waals surface area contributed by atoms with E-state index in [1.807, 2.05) is 11.8 Å². The maximum absolute atomic E-state index is 10.7. The summed E-state index contributed by atoms with van der Waals surface area (Å²) in [7, 11) is 0. The van der Waals surface area contributed by atoms with E-state index in [2.05, 4.69) is 15.2 Å². The van der Waals surface area contributed by atoms with Crippen molar-refractivity contribution >= 4 is 23.3 Å². The highest BCUT2D eigenvalue weighted by atomic mass is 32.2. The zero-order valence-corrected chi connectivity index (χ0v) is 14.2. The summed E-state index contributed by atoms with van der Waals surface area (Å²) >= 11 is 2.04. The van der Waals surface area contributed by atoms with Crippen LogP contribution in [-0.4, -0.2) is 51.5 Å². The zero-order valence-electron chi connectivity index (χ0n) is 13.4. The van der Waals surface area contributed by atoms with Gasteiger partial charge in [0.25, 0.3) is 5.69 Å². The van der Waals surface area contributed by atoms with E-state index in [-0.39, 0.29) is 11.2 Å². The highest BCUT2D eigenvalue weighted by Gasteiger charge is 2.38. The Morgan fingerprint density at radius 2 is 2.00 bits per heavy atom. The van der Waals surface area contributed by atoms with Gasteiger partial charge in [-0.15, -0.1) is 0 Å². The molecule has 2 aliphatic rings. The van der Waals surface area contributed by atoms with Gasteiger partial charge in [-0.2, -0.15) is 11.8 Å². The Morgan fingerprint density at radius 1 is 1.26 bits per heavy atom. The molecule has 126 valence electrons. The lowest BCUT2D eigenvalue weighted by molar-refractivity contribution is -0.385. The summed E-state index contributed by atoms with van der Waals surface area (Å²) in [6.07, 6.45) is 7.71. The Hall–Kier alpha value is -1.34. The van der Waals surface area contributed by atoms with Gasteiger partial charge in [-0.05, 0) is 18.9 Å². The van der Waals surface area contributed by atoms with E-state index in [9.17, 15) is 10.1 Å². The van der Waals surface area contributed by atoms with Crippen molar-refractivity contribution in [3.63, 3.8) is 0 Å². The summed E-state index contributed by atoms with van der Waals surface area (Å²) in [6.45, 7) is 3.21. The predicted molar refractivity (Wildman–Crippen MR) is 94.1 cm³/mol. The fraction of sp³-hybridized carbons (Fsp3) is 0.688. The summed E-state index contributed by atoms with van der Waals surface area (Å²) in [5.74, 6) is 3.17. The molecule has 1 saturated heterocycles. The zero-order chi connectivity index (χ0) is 16.1. The Morgan fingerprint density at radius 3 is 2.61 bits per heavy atom. The lowest BCUT2D eigenvalue weighted by Gasteiger charge is -2.48. The van der Waals surface area contributed by atoms with Crippen molar-refractivity contribution in [3.05, 3.63) is 28.4 Å². The number of rotatable bonds is 5. The van der Waals surface area contributed by atoms with E-state index < -0.39 is 4.92 Å². The summed E-state index contributed by atoms with van der Waals surface area (Å²) in [4.78, 5) is 17.2. The second-order valence-electron chi connectivity index (χ2n) is 6.40. The molecule has 0 aromatic carbocycles. The van der Waals surface area contributed by atoms with Gasteiger partial charge in [0.05, 0.1) is 4.92 Å². The number of nitro groups is 1. The number of hydrogen-bond donors (Lipinski definition) is 1. The Kier molecular flexibility index (Phi) is 5.38. The van der Waals surface area contributed by atoms with E-state index in [1.54, 1.807) is 6.07 Å². The molecule has 0 amide bonds. The van der Waals surface area contributed by atoms with Gasteiger partial charge in [-0.25, -0.2) is 4.98 Å². The first-order chi connectivity index (χ1) is 11.2. The number of anilines is 1. The van der Waals surface area contributed by atoms with Gasteiger partial charge in [0.15, 0.2) is 0 Å². The highest BCUT2D eigenvalue weighted by molar-refractivity contribution is 7.99. The van der Waals surface area contributed by atoms with Crippen molar-refractivity contribution in [1.82, 2.24) is 9.88 Å². The number of nitrogens with zero attached hydrogens (tertiary/aromatic N) is 3. The third-order valence-electron chi connectivity index (χ3n) is 5.02. The number of hydrogen-bond acceptors (Lipinski definition) is 6. The molecule has 1 saturated carbocycles. The molecule has 0 unspecified atom stereocenters. The topological polar surface area (TPSA) is 71.3 Å². The molecule has 0 radical (unpaired) electrons. The maximum Gasteiger partial charge on any atom is 0.287 e. The standard InChI is InChI=1S/C16H24N4O2S/c21-20(22)14-4-5-15(17-12-14)18-13-16(6-2-1-3-7-16)19-8-10-23-11-9-19/h4-5,12H,1-3,6-11,13H2,(H,17,18). The molecule has 3 rings (SSSR count).